The third-order valence-corrected chi connectivity index (χ3v) is 4.43. The molecule has 96 valence electrons. The SMILES string of the molecule is CCCNC(CSCCC)C1CCOCC1. The minimum absolute atomic E-state index is 0.709. The minimum atomic E-state index is 0.709. The first kappa shape index (κ1) is 14.3. The van der Waals surface area contributed by atoms with E-state index < -0.39 is 0 Å². The van der Waals surface area contributed by atoms with E-state index in [9.17, 15) is 0 Å². The Kier molecular flexibility index (Phi) is 8.34. The van der Waals surface area contributed by atoms with Crippen LogP contribution in [0.5, 0.6) is 0 Å². The van der Waals surface area contributed by atoms with Gasteiger partial charge in [-0.1, -0.05) is 13.8 Å². The first-order valence-electron chi connectivity index (χ1n) is 6.77. The second-order valence-corrected chi connectivity index (χ2v) is 5.74. The Labute approximate surface area is 105 Å². The molecule has 0 spiro atoms. The number of hydrogen-bond acceptors (Lipinski definition) is 3. The zero-order valence-electron chi connectivity index (χ0n) is 10.8. The topological polar surface area (TPSA) is 21.3 Å². The quantitative estimate of drug-likeness (QED) is 0.664. The summed E-state index contributed by atoms with van der Waals surface area (Å²) in [5.74, 6) is 3.41. The van der Waals surface area contributed by atoms with Gasteiger partial charge < -0.3 is 10.1 Å². The highest BCUT2D eigenvalue weighted by molar-refractivity contribution is 7.99. The minimum Gasteiger partial charge on any atom is -0.381 e. The summed E-state index contributed by atoms with van der Waals surface area (Å²) < 4.78 is 5.45. The highest BCUT2D eigenvalue weighted by Crippen LogP contribution is 2.21. The van der Waals surface area contributed by atoms with Crippen molar-refractivity contribution in [3.8, 4) is 0 Å². The second kappa shape index (κ2) is 9.32. The molecule has 0 aromatic rings. The fourth-order valence-electron chi connectivity index (χ4n) is 2.16. The molecule has 0 radical (unpaired) electrons. The summed E-state index contributed by atoms with van der Waals surface area (Å²) >= 11 is 2.10. The first-order valence-corrected chi connectivity index (χ1v) is 7.92. The van der Waals surface area contributed by atoms with Crippen molar-refractivity contribution < 1.29 is 4.74 Å². The molecule has 1 rings (SSSR count). The van der Waals surface area contributed by atoms with Crippen molar-refractivity contribution in [2.24, 2.45) is 5.92 Å². The van der Waals surface area contributed by atoms with Crippen LogP contribution < -0.4 is 5.32 Å². The molecule has 0 aliphatic carbocycles. The lowest BCUT2D eigenvalue weighted by Crippen LogP contribution is -2.41. The van der Waals surface area contributed by atoms with Crippen LogP contribution in [0.4, 0.5) is 0 Å². The van der Waals surface area contributed by atoms with E-state index in [0.29, 0.717) is 6.04 Å². The molecule has 0 aromatic carbocycles. The Bertz CT molecular complexity index is 160. The molecular weight excluding hydrogens is 218 g/mol. The largest absolute Gasteiger partial charge is 0.381 e. The zero-order chi connectivity index (χ0) is 11.6. The maximum absolute atomic E-state index is 5.45. The summed E-state index contributed by atoms with van der Waals surface area (Å²) in [6.07, 6.45) is 5.01. The normalized spacial score (nSPS) is 19.9. The van der Waals surface area contributed by atoms with Gasteiger partial charge >= 0.3 is 0 Å². The standard InChI is InChI=1S/C13H27NOS/c1-3-7-14-13(11-16-10-4-2)12-5-8-15-9-6-12/h12-14H,3-11H2,1-2H3. The first-order chi connectivity index (χ1) is 7.88. The lowest BCUT2D eigenvalue weighted by atomic mass is 9.93. The van der Waals surface area contributed by atoms with Crippen molar-refractivity contribution in [2.45, 2.75) is 45.6 Å². The van der Waals surface area contributed by atoms with Gasteiger partial charge in [-0.2, -0.15) is 11.8 Å². The predicted molar refractivity (Wildman–Crippen MR) is 73.2 cm³/mol. The van der Waals surface area contributed by atoms with Gasteiger partial charge in [0.2, 0.25) is 0 Å². The molecule has 0 saturated carbocycles. The number of thioether (sulfide) groups is 1. The lowest BCUT2D eigenvalue weighted by molar-refractivity contribution is 0.0566. The van der Waals surface area contributed by atoms with Crippen LogP contribution in [0.15, 0.2) is 0 Å². The monoisotopic (exact) mass is 245 g/mol. The molecule has 1 N–H and O–H groups in total. The van der Waals surface area contributed by atoms with Crippen molar-refractivity contribution in [1.29, 1.82) is 0 Å². The van der Waals surface area contributed by atoms with Gasteiger partial charge in [-0.15, -0.1) is 0 Å². The Morgan fingerprint density at radius 1 is 1.25 bits per heavy atom. The van der Waals surface area contributed by atoms with Crippen molar-refractivity contribution in [3.63, 3.8) is 0 Å². The Morgan fingerprint density at radius 2 is 2.00 bits per heavy atom. The number of hydrogen-bond donors (Lipinski definition) is 1. The van der Waals surface area contributed by atoms with E-state index in [0.717, 1.165) is 25.7 Å². The smallest absolute Gasteiger partial charge is 0.0469 e. The van der Waals surface area contributed by atoms with Crippen LogP contribution >= 0.6 is 11.8 Å². The third kappa shape index (κ3) is 5.55. The summed E-state index contributed by atoms with van der Waals surface area (Å²) in [6.45, 7) is 7.60. The molecule has 1 aliphatic rings. The Hall–Kier alpha value is 0.270. The molecule has 1 saturated heterocycles. The summed E-state index contributed by atoms with van der Waals surface area (Å²) in [5.41, 5.74) is 0. The van der Waals surface area contributed by atoms with E-state index in [4.69, 9.17) is 4.74 Å². The number of rotatable bonds is 8. The van der Waals surface area contributed by atoms with E-state index in [1.807, 2.05) is 0 Å². The Morgan fingerprint density at radius 3 is 2.62 bits per heavy atom. The van der Waals surface area contributed by atoms with Gasteiger partial charge in [-0.3, -0.25) is 0 Å². The molecule has 1 heterocycles. The molecule has 1 aliphatic heterocycles. The predicted octanol–water partition coefficient (Wildman–Crippen LogP) is 2.92. The van der Waals surface area contributed by atoms with E-state index in [2.05, 4.69) is 30.9 Å². The van der Waals surface area contributed by atoms with E-state index in [1.165, 1.54) is 37.2 Å². The van der Waals surface area contributed by atoms with Crippen LogP contribution in [0.2, 0.25) is 0 Å². The molecule has 1 atom stereocenters. The molecule has 2 nitrogen and oxygen atoms in total. The van der Waals surface area contributed by atoms with Crippen LogP contribution in [0.1, 0.15) is 39.5 Å². The molecule has 0 bridgehead atoms. The fourth-order valence-corrected chi connectivity index (χ4v) is 3.26. The van der Waals surface area contributed by atoms with E-state index >= 15 is 0 Å². The van der Waals surface area contributed by atoms with E-state index in [1.54, 1.807) is 0 Å². The number of nitrogens with one attached hydrogen (secondary N) is 1. The van der Waals surface area contributed by atoms with E-state index in [-0.39, 0.29) is 0 Å². The zero-order valence-corrected chi connectivity index (χ0v) is 11.7. The van der Waals surface area contributed by atoms with Gasteiger partial charge in [0.05, 0.1) is 0 Å². The van der Waals surface area contributed by atoms with Gasteiger partial charge in [-0.25, -0.2) is 0 Å². The third-order valence-electron chi connectivity index (χ3n) is 3.14. The van der Waals surface area contributed by atoms with Crippen LogP contribution in [-0.4, -0.2) is 37.3 Å². The fraction of sp³-hybridized carbons (Fsp3) is 1.00. The molecule has 1 fully saturated rings. The van der Waals surface area contributed by atoms with Gasteiger partial charge in [0.1, 0.15) is 0 Å². The van der Waals surface area contributed by atoms with Gasteiger partial charge in [0.25, 0.3) is 0 Å². The van der Waals surface area contributed by atoms with Crippen LogP contribution in [0, 0.1) is 5.92 Å². The maximum atomic E-state index is 5.45. The summed E-state index contributed by atoms with van der Waals surface area (Å²) in [6, 6.07) is 0.709. The average molecular weight is 245 g/mol. The highest BCUT2D eigenvalue weighted by atomic mass is 32.2. The number of ether oxygens (including phenoxy) is 1. The van der Waals surface area contributed by atoms with Crippen molar-refractivity contribution in [1.82, 2.24) is 5.32 Å². The maximum Gasteiger partial charge on any atom is 0.0469 e. The average Bonchev–Trinajstić information content (AvgIpc) is 2.35. The van der Waals surface area contributed by atoms with Crippen LogP contribution in [-0.2, 0) is 4.74 Å². The van der Waals surface area contributed by atoms with Crippen LogP contribution in [0.3, 0.4) is 0 Å². The van der Waals surface area contributed by atoms with Crippen molar-refractivity contribution in [2.75, 3.05) is 31.3 Å². The van der Waals surface area contributed by atoms with Crippen LogP contribution in [0.25, 0.3) is 0 Å². The molecule has 1 unspecified atom stereocenters. The van der Waals surface area contributed by atoms with Crippen molar-refractivity contribution >= 4 is 11.8 Å². The molecule has 0 amide bonds. The molecule has 3 heteroatoms. The summed E-state index contributed by atoms with van der Waals surface area (Å²) in [7, 11) is 0. The van der Waals surface area contributed by atoms with Crippen molar-refractivity contribution in [3.05, 3.63) is 0 Å². The second-order valence-electron chi connectivity index (χ2n) is 4.59. The molecule has 16 heavy (non-hydrogen) atoms. The molecular formula is C13H27NOS. The Balaban J connectivity index is 2.28. The van der Waals surface area contributed by atoms with Gasteiger partial charge in [0.15, 0.2) is 0 Å². The summed E-state index contributed by atoms with van der Waals surface area (Å²) in [4.78, 5) is 0. The summed E-state index contributed by atoms with van der Waals surface area (Å²) in [5, 5.41) is 3.72. The van der Waals surface area contributed by atoms with Gasteiger partial charge in [-0.05, 0) is 43.9 Å². The molecule has 0 aromatic heterocycles. The lowest BCUT2D eigenvalue weighted by Gasteiger charge is -2.31. The highest BCUT2D eigenvalue weighted by Gasteiger charge is 2.23. The van der Waals surface area contributed by atoms with Gasteiger partial charge in [0, 0.05) is 25.0 Å².